The van der Waals surface area contributed by atoms with Gasteiger partial charge in [0.1, 0.15) is 5.15 Å². The van der Waals surface area contributed by atoms with Crippen LogP contribution in [-0.2, 0) is 10.2 Å². The summed E-state index contributed by atoms with van der Waals surface area (Å²) < 4.78 is 0. The van der Waals surface area contributed by atoms with Gasteiger partial charge in [0.15, 0.2) is 0 Å². The predicted octanol–water partition coefficient (Wildman–Crippen LogP) is 2.79. The molecule has 7 nitrogen and oxygen atoms in total. The van der Waals surface area contributed by atoms with Crippen molar-refractivity contribution in [2.75, 3.05) is 38.6 Å². The minimum Gasteiger partial charge on any atom is -0.396 e. The smallest absolute Gasteiger partial charge is 0.253 e. The first-order chi connectivity index (χ1) is 14.8. The van der Waals surface area contributed by atoms with Crippen molar-refractivity contribution in [1.82, 2.24) is 15.2 Å². The zero-order chi connectivity index (χ0) is 22.6. The number of pyridine rings is 1. The van der Waals surface area contributed by atoms with E-state index >= 15 is 0 Å². The number of aliphatic hydroxyl groups excluding tert-OH is 1. The normalized spacial score (nSPS) is 15.4. The summed E-state index contributed by atoms with van der Waals surface area (Å²) in [5.41, 5.74) is 1.95. The van der Waals surface area contributed by atoms with Crippen molar-refractivity contribution in [2.24, 2.45) is 0 Å². The highest BCUT2D eigenvalue weighted by molar-refractivity contribution is 6.30. The summed E-state index contributed by atoms with van der Waals surface area (Å²) >= 11 is 5.97. The fourth-order valence-corrected chi connectivity index (χ4v) is 4.29. The Labute approximate surface area is 187 Å². The van der Waals surface area contributed by atoms with Crippen molar-refractivity contribution in [1.29, 1.82) is 0 Å². The summed E-state index contributed by atoms with van der Waals surface area (Å²) in [6, 6.07) is 9.45. The van der Waals surface area contributed by atoms with Gasteiger partial charge in [-0.05, 0) is 29.5 Å². The van der Waals surface area contributed by atoms with Crippen molar-refractivity contribution in [2.45, 2.75) is 31.6 Å². The lowest BCUT2D eigenvalue weighted by Crippen LogP contribution is -2.65. The highest BCUT2D eigenvalue weighted by Gasteiger charge is 2.51. The number of carbonyl (C=O) groups is 2. The minimum atomic E-state index is -0.754. The average Bonchev–Trinajstić information content (AvgIpc) is 2.73. The molecule has 2 aromatic rings. The largest absolute Gasteiger partial charge is 0.396 e. The highest BCUT2D eigenvalue weighted by atomic mass is 35.5. The topological polar surface area (TPSA) is 94.6 Å². The maximum absolute atomic E-state index is 13.7. The second-order valence-corrected chi connectivity index (χ2v) is 8.58. The van der Waals surface area contributed by atoms with E-state index in [0.717, 1.165) is 17.7 Å². The number of hydrogen-bond acceptors (Lipinski definition) is 5. The Kier molecular flexibility index (Phi) is 7.30. The molecule has 3 rings (SSSR count). The first-order valence-corrected chi connectivity index (χ1v) is 10.8. The SMILES string of the molecule is CNC(=O)c1cc(Cl)ncc1NC(=O)C1(c2ccccc2C(C)C)CN(CCCO)C1. The van der Waals surface area contributed by atoms with Gasteiger partial charge in [-0.1, -0.05) is 49.7 Å². The van der Waals surface area contributed by atoms with Gasteiger partial charge in [0.25, 0.3) is 5.91 Å². The second kappa shape index (κ2) is 9.77. The van der Waals surface area contributed by atoms with Gasteiger partial charge < -0.3 is 20.6 Å². The van der Waals surface area contributed by atoms with E-state index in [4.69, 9.17) is 16.7 Å². The number of nitrogens with one attached hydrogen (secondary N) is 2. The van der Waals surface area contributed by atoms with Gasteiger partial charge >= 0.3 is 0 Å². The molecule has 0 atom stereocenters. The zero-order valence-corrected chi connectivity index (χ0v) is 18.9. The van der Waals surface area contributed by atoms with Gasteiger partial charge in [-0.3, -0.25) is 9.59 Å². The average molecular weight is 445 g/mol. The molecule has 8 heteroatoms. The van der Waals surface area contributed by atoms with Gasteiger partial charge in [-0.15, -0.1) is 0 Å². The Morgan fingerprint density at radius 3 is 2.65 bits per heavy atom. The number of halogens is 1. The lowest BCUT2D eigenvalue weighted by atomic mass is 9.69. The van der Waals surface area contributed by atoms with Gasteiger partial charge in [-0.2, -0.15) is 0 Å². The van der Waals surface area contributed by atoms with E-state index in [1.54, 1.807) is 0 Å². The van der Waals surface area contributed by atoms with E-state index in [-0.39, 0.29) is 35.1 Å². The Hall–Kier alpha value is -2.48. The molecule has 166 valence electrons. The summed E-state index contributed by atoms with van der Waals surface area (Å²) in [5.74, 6) is -0.282. The molecule has 1 aliphatic heterocycles. The Bertz CT molecular complexity index is 958. The molecule has 1 aliphatic rings. The fourth-order valence-electron chi connectivity index (χ4n) is 4.14. The van der Waals surface area contributed by atoms with Crippen LogP contribution in [0.25, 0.3) is 0 Å². The number of hydrogen-bond donors (Lipinski definition) is 3. The molecule has 0 spiro atoms. The first-order valence-electron chi connectivity index (χ1n) is 10.4. The number of nitrogens with zero attached hydrogens (tertiary/aromatic N) is 2. The number of amides is 2. The quantitative estimate of drug-likeness (QED) is 0.544. The molecule has 3 N–H and O–H groups in total. The maximum Gasteiger partial charge on any atom is 0.253 e. The van der Waals surface area contributed by atoms with Gasteiger partial charge in [-0.25, -0.2) is 4.98 Å². The fraction of sp³-hybridized carbons (Fsp3) is 0.435. The summed E-state index contributed by atoms with van der Waals surface area (Å²) in [6.07, 6.45) is 2.07. The van der Waals surface area contributed by atoms with Crippen LogP contribution >= 0.6 is 11.6 Å². The molecular formula is C23H29ClN4O3. The lowest BCUT2D eigenvalue weighted by molar-refractivity contribution is -0.128. The molecule has 0 radical (unpaired) electrons. The van der Waals surface area contributed by atoms with E-state index in [1.165, 1.54) is 19.3 Å². The number of anilines is 1. The summed E-state index contributed by atoms with van der Waals surface area (Å²) in [4.78, 5) is 32.2. The third kappa shape index (κ3) is 4.74. The van der Waals surface area contributed by atoms with E-state index < -0.39 is 5.41 Å². The van der Waals surface area contributed by atoms with Crippen molar-refractivity contribution in [3.8, 4) is 0 Å². The van der Waals surface area contributed by atoms with Crippen LogP contribution < -0.4 is 10.6 Å². The second-order valence-electron chi connectivity index (χ2n) is 8.20. The number of aromatic nitrogens is 1. The van der Waals surface area contributed by atoms with Crippen molar-refractivity contribution in [3.05, 3.63) is 58.4 Å². The number of likely N-dealkylation sites (tertiary alicyclic amines) is 1. The van der Waals surface area contributed by atoms with E-state index in [9.17, 15) is 9.59 Å². The Morgan fingerprint density at radius 1 is 1.29 bits per heavy atom. The van der Waals surface area contributed by atoms with Crippen molar-refractivity contribution < 1.29 is 14.7 Å². The molecule has 2 amide bonds. The van der Waals surface area contributed by atoms with Crippen molar-refractivity contribution >= 4 is 29.1 Å². The lowest BCUT2D eigenvalue weighted by Gasteiger charge is -2.50. The van der Waals surface area contributed by atoms with Gasteiger partial charge in [0, 0.05) is 33.3 Å². The standard InChI is InChI=1S/C23H29ClN4O3/c1-15(2)16-7-4-5-8-18(16)23(13-28(14-23)9-6-10-29)22(31)27-19-12-26-20(24)11-17(19)21(30)25-3/h4-5,7-8,11-12,15,29H,6,9-10,13-14H2,1-3H3,(H,25,30)(H,27,31). The van der Waals surface area contributed by atoms with Crippen LogP contribution in [0.15, 0.2) is 36.5 Å². The van der Waals surface area contributed by atoms with Gasteiger partial charge in [0.05, 0.1) is 22.9 Å². The molecular weight excluding hydrogens is 416 g/mol. The third-order valence-electron chi connectivity index (χ3n) is 5.74. The summed E-state index contributed by atoms with van der Waals surface area (Å²) in [5, 5.41) is 14.9. The highest BCUT2D eigenvalue weighted by Crippen LogP contribution is 2.40. The molecule has 0 saturated carbocycles. The third-order valence-corrected chi connectivity index (χ3v) is 5.95. The molecule has 1 aromatic carbocycles. The predicted molar refractivity (Wildman–Crippen MR) is 122 cm³/mol. The van der Waals surface area contributed by atoms with Crippen LogP contribution in [0.3, 0.4) is 0 Å². The van der Waals surface area contributed by atoms with Gasteiger partial charge in [0.2, 0.25) is 5.91 Å². The summed E-state index contributed by atoms with van der Waals surface area (Å²) in [6.45, 7) is 6.14. The van der Waals surface area contributed by atoms with Crippen LogP contribution in [0, 0.1) is 0 Å². The number of carbonyl (C=O) groups excluding carboxylic acids is 2. The van der Waals surface area contributed by atoms with Crippen LogP contribution in [0.5, 0.6) is 0 Å². The molecule has 1 fully saturated rings. The van der Waals surface area contributed by atoms with Crippen LogP contribution in [0.1, 0.15) is 47.7 Å². The van der Waals surface area contributed by atoms with Crippen LogP contribution in [0.4, 0.5) is 5.69 Å². The number of rotatable bonds is 8. The Balaban J connectivity index is 1.97. The maximum atomic E-state index is 13.7. The van der Waals surface area contributed by atoms with E-state index in [0.29, 0.717) is 25.2 Å². The summed E-state index contributed by atoms with van der Waals surface area (Å²) in [7, 11) is 1.52. The molecule has 0 bridgehead atoms. The minimum absolute atomic E-state index is 0.115. The monoisotopic (exact) mass is 444 g/mol. The number of aliphatic hydroxyl groups is 1. The molecule has 0 unspecified atom stereocenters. The van der Waals surface area contributed by atoms with E-state index in [1.807, 2.05) is 18.2 Å². The van der Waals surface area contributed by atoms with E-state index in [2.05, 4.69) is 40.4 Å². The molecule has 0 aliphatic carbocycles. The van der Waals surface area contributed by atoms with Crippen LogP contribution in [-0.4, -0.2) is 60.1 Å². The molecule has 1 saturated heterocycles. The first kappa shape index (κ1) is 23.2. The van der Waals surface area contributed by atoms with Crippen molar-refractivity contribution in [3.63, 3.8) is 0 Å². The Morgan fingerprint density at radius 2 is 2.00 bits per heavy atom. The number of benzene rings is 1. The molecule has 1 aromatic heterocycles. The zero-order valence-electron chi connectivity index (χ0n) is 18.1. The molecule has 31 heavy (non-hydrogen) atoms. The van der Waals surface area contributed by atoms with Crippen LogP contribution in [0.2, 0.25) is 5.15 Å². The molecule has 2 heterocycles.